The third kappa shape index (κ3) is 4.83. The van der Waals surface area contributed by atoms with Gasteiger partial charge in [0.2, 0.25) is 0 Å². The molecule has 0 fully saturated rings. The summed E-state index contributed by atoms with van der Waals surface area (Å²) in [4.78, 5) is 0. The number of hydrogen-bond acceptors (Lipinski definition) is 0. The van der Waals surface area contributed by atoms with Gasteiger partial charge in [-0.05, 0) is 24.8 Å². The average Bonchev–Trinajstić information content (AvgIpc) is 2.36. The van der Waals surface area contributed by atoms with Crippen LogP contribution in [0, 0.1) is 0 Å². The second kappa shape index (κ2) is 7.49. The minimum Gasteiger partial charge on any atom is -0.103 e. The number of allylic oxidation sites excluding steroid dienone is 2. The lowest BCUT2D eigenvalue weighted by Crippen LogP contribution is -2.24. The Bertz CT molecular complexity index is 421. The van der Waals surface area contributed by atoms with Gasteiger partial charge >= 0.3 is 0 Å². The van der Waals surface area contributed by atoms with Crippen LogP contribution in [0.25, 0.3) is 5.20 Å². The molecule has 19 heavy (non-hydrogen) atoms. The lowest BCUT2D eigenvalue weighted by atomic mass is 10.0. The minimum absolute atomic E-state index is 1.04. The highest BCUT2D eigenvalue weighted by Gasteiger charge is 2.23. The summed E-state index contributed by atoms with van der Waals surface area (Å²) < 4.78 is 0. The molecule has 0 amide bonds. The molecule has 0 aliphatic carbocycles. The molecule has 1 aromatic rings. The fourth-order valence-electron chi connectivity index (χ4n) is 2.67. The Morgan fingerprint density at radius 3 is 2.26 bits per heavy atom. The normalized spacial score (nSPS) is 13.1. The lowest BCUT2D eigenvalue weighted by Gasteiger charge is -2.26. The number of benzene rings is 1. The van der Waals surface area contributed by atoms with Crippen molar-refractivity contribution < 1.29 is 0 Å². The second-order valence-electron chi connectivity index (χ2n) is 6.19. The van der Waals surface area contributed by atoms with Crippen molar-refractivity contribution in [3.05, 3.63) is 54.1 Å². The summed E-state index contributed by atoms with van der Waals surface area (Å²) in [5.41, 5.74) is 3.04. The third-order valence-corrected chi connectivity index (χ3v) is 5.53. The molecule has 1 aromatic carbocycles. The maximum absolute atomic E-state index is 3.95. The molecule has 0 heterocycles. The second-order valence-corrected chi connectivity index (χ2v) is 11.2. The maximum atomic E-state index is 3.95. The van der Waals surface area contributed by atoms with Crippen LogP contribution in [-0.4, -0.2) is 8.07 Å². The lowest BCUT2D eigenvalue weighted by molar-refractivity contribution is 0.778. The van der Waals surface area contributed by atoms with E-state index < -0.39 is 8.07 Å². The molecule has 0 aliphatic heterocycles. The molecule has 0 unspecified atom stereocenters. The zero-order valence-corrected chi connectivity index (χ0v) is 14.0. The Hall–Kier alpha value is -1.08. The number of rotatable bonds is 7. The molecule has 0 bridgehead atoms. The monoisotopic (exact) mass is 272 g/mol. The van der Waals surface area contributed by atoms with Crippen molar-refractivity contribution in [2.75, 3.05) is 0 Å². The molecular formula is C18H28Si. The van der Waals surface area contributed by atoms with Gasteiger partial charge in [-0.25, -0.2) is 0 Å². The van der Waals surface area contributed by atoms with Gasteiger partial charge in [-0.2, -0.15) is 0 Å². The fraction of sp³-hybridized carbons (Fsp3) is 0.444. The van der Waals surface area contributed by atoms with Gasteiger partial charge in [0.25, 0.3) is 0 Å². The van der Waals surface area contributed by atoms with Crippen LogP contribution in [0.1, 0.15) is 38.2 Å². The van der Waals surface area contributed by atoms with Crippen LogP contribution < -0.4 is 0 Å². The first-order chi connectivity index (χ1) is 9.00. The van der Waals surface area contributed by atoms with Crippen molar-refractivity contribution in [1.82, 2.24) is 0 Å². The molecule has 0 radical (unpaired) electrons. The van der Waals surface area contributed by atoms with Crippen molar-refractivity contribution in [1.29, 1.82) is 0 Å². The Kier molecular flexibility index (Phi) is 6.30. The Balaban J connectivity index is 3.29. The molecule has 1 heteroatoms. The molecule has 104 valence electrons. The number of hydrogen-bond donors (Lipinski definition) is 0. The molecule has 0 saturated carbocycles. The molecule has 0 N–H and O–H groups in total. The Labute approximate surface area is 120 Å². The Morgan fingerprint density at radius 2 is 1.79 bits per heavy atom. The highest BCUT2D eigenvalue weighted by Crippen LogP contribution is 2.33. The van der Waals surface area contributed by atoms with E-state index in [0.29, 0.717) is 0 Å². The van der Waals surface area contributed by atoms with Gasteiger partial charge in [0.05, 0.1) is 8.07 Å². The van der Waals surface area contributed by atoms with Gasteiger partial charge < -0.3 is 0 Å². The molecule has 0 aliphatic rings. The van der Waals surface area contributed by atoms with E-state index in [1.165, 1.54) is 24.8 Å². The maximum Gasteiger partial charge on any atom is 0.0783 e. The van der Waals surface area contributed by atoms with Crippen LogP contribution in [-0.2, 0) is 0 Å². The molecule has 0 saturated heterocycles. The molecule has 0 aromatic heterocycles. The third-order valence-electron chi connectivity index (χ3n) is 3.39. The summed E-state index contributed by atoms with van der Waals surface area (Å²) in [6, 6.07) is 10.9. The Morgan fingerprint density at radius 1 is 1.16 bits per heavy atom. The first-order valence-corrected chi connectivity index (χ1v) is 10.9. The molecule has 0 atom stereocenters. The van der Waals surface area contributed by atoms with Gasteiger partial charge in [0.15, 0.2) is 0 Å². The van der Waals surface area contributed by atoms with Crippen LogP contribution in [0.3, 0.4) is 0 Å². The molecule has 0 spiro atoms. The van der Waals surface area contributed by atoms with Crippen molar-refractivity contribution in [2.45, 2.75) is 52.2 Å². The summed E-state index contributed by atoms with van der Waals surface area (Å²) in [5.74, 6) is 0. The summed E-state index contributed by atoms with van der Waals surface area (Å²) in [6.07, 6.45) is 6.86. The van der Waals surface area contributed by atoms with Gasteiger partial charge in [-0.3, -0.25) is 0 Å². The SMILES string of the molecule is C=CC/C(CCCC)=C(/c1ccccc1)[Si](C)(C)C. The molecular weight excluding hydrogens is 244 g/mol. The van der Waals surface area contributed by atoms with E-state index in [0.717, 1.165) is 6.42 Å². The predicted molar refractivity (Wildman–Crippen MR) is 91.0 cm³/mol. The van der Waals surface area contributed by atoms with Gasteiger partial charge in [0, 0.05) is 0 Å². The zero-order valence-electron chi connectivity index (χ0n) is 13.0. The van der Waals surface area contributed by atoms with E-state index in [1.807, 2.05) is 0 Å². The van der Waals surface area contributed by atoms with E-state index >= 15 is 0 Å². The van der Waals surface area contributed by atoms with E-state index in [4.69, 9.17) is 0 Å². The molecule has 1 rings (SSSR count). The zero-order chi connectivity index (χ0) is 14.3. The summed E-state index contributed by atoms with van der Waals surface area (Å²) >= 11 is 0. The van der Waals surface area contributed by atoms with Crippen molar-refractivity contribution in [3.63, 3.8) is 0 Å². The standard InChI is InChI=1S/C18H28Si/c1-6-8-13-16(12-7-2)18(19(3,4)5)17-14-10-9-11-15-17/h7,9-11,14-15H,2,6,8,12-13H2,1,3-5H3/b18-16+. The fourth-order valence-corrected chi connectivity index (χ4v) is 4.99. The quantitative estimate of drug-likeness (QED) is 0.416. The summed E-state index contributed by atoms with van der Waals surface area (Å²) in [5, 5.41) is 1.64. The van der Waals surface area contributed by atoms with Crippen molar-refractivity contribution in [3.8, 4) is 0 Å². The van der Waals surface area contributed by atoms with Crippen LogP contribution in [0.4, 0.5) is 0 Å². The summed E-state index contributed by atoms with van der Waals surface area (Å²) in [6.45, 7) is 13.6. The minimum atomic E-state index is -1.35. The highest BCUT2D eigenvalue weighted by molar-refractivity contribution is 6.93. The highest BCUT2D eigenvalue weighted by atomic mass is 28.3. The van der Waals surface area contributed by atoms with Gasteiger partial charge in [-0.15, -0.1) is 6.58 Å². The first-order valence-electron chi connectivity index (χ1n) is 7.39. The van der Waals surface area contributed by atoms with Crippen LogP contribution in [0.5, 0.6) is 0 Å². The molecule has 0 nitrogen and oxygen atoms in total. The smallest absolute Gasteiger partial charge is 0.0783 e. The van der Waals surface area contributed by atoms with Crippen LogP contribution in [0.2, 0.25) is 19.6 Å². The van der Waals surface area contributed by atoms with E-state index in [1.54, 1.807) is 10.8 Å². The van der Waals surface area contributed by atoms with E-state index in [2.05, 4.69) is 69.6 Å². The largest absolute Gasteiger partial charge is 0.103 e. The predicted octanol–water partition coefficient (Wildman–Crippen LogP) is 6.08. The van der Waals surface area contributed by atoms with Crippen LogP contribution >= 0.6 is 0 Å². The van der Waals surface area contributed by atoms with Gasteiger partial charge in [0.1, 0.15) is 0 Å². The number of unbranched alkanes of at least 4 members (excludes halogenated alkanes) is 1. The first kappa shape index (κ1) is 16.0. The average molecular weight is 273 g/mol. The van der Waals surface area contributed by atoms with E-state index in [9.17, 15) is 0 Å². The van der Waals surface area contributed by atoms with E-state index in [-0.39, 0.29) is 0 Å². The van der Waals surface area contributed by atoms with Crippen molar-refractivity contribution >= 4 is 13.3 Å². The van der Waals surface area contributed by atoms with Gasteiger partial charge in [-0.1, -0.05) is 80.2 Å². The van der Waals surface area contributed by atoms with Crippen LogP contribution in [0.15, 0.2) is 48.6 Å². The topological polar surface area (TPSA) is 0 Å². The van der Waals surface area contributed by atoms with Crippen molar-refractivity contribution in [2.24, 2.45) is 0 Å². The summed E-state index contributed by atoms with van der Waals surface area (Å²) in [7, 11) is -1.35.